The third-order valence-corrected chi connectivity index (χ3v) is 11.2. The van der Waals surface area contributed by atoms with Crippen LogP contribution in [-0.2, 0) is 10.1 Å². The van der Waals surface area contributed by atoms with Crippen LogP contribution >= 0.6 is 0 Å². The van der Waals surface area contributed by atoms with Gasteiger partial charge in [-0.3, -0.25) is 0 Å². The second kappa shape index (κ2) is 34.7. The van der Waals surface area contributed by atoms with Gasteiger partial charge in [-0.2, -0.15) is 0 Å². The molecule has 0 aromatic carbocycles. The second-order valence-corrected chi connectivity index (χ2v) is 16.6. The normalized spacial score (nSPS) is 12.3. The lowest BCUT2D eigenvalue weighted by atomic mass is 10.0. The molecule has 0 spiro atoms. The lowest BCUT2D eigenvalue weighted by molar-refractivity contribution is -0.926. The first-order valence-electron chi connectivity index (χ1n) is 21.2. The van der Waals surface area contributed by atoms with Crippen molar-refractivity contribution in [2.24, 2.45) is 0 Å². The van der Waals surface area contributed by atoms with Gasteiger partial charge in [-0.15, -0.1) is 0 Å². The molecule has 0 aliphatic rings. The maximum atomic E-state index is 11.8. The van der Waals surface area contributed by atoms with Gasteiger partial charge in [-0.1, -0.05) is 194 Å². The van der Waals surface area contributed by atoms with E-state index in [-0.39, 0.29) is 5.75 Å². The Morgan fingerprint density at radius 1 is 0.326 bits per heavy atom. The molecule has 46 heavy (non-hydrogen) atoms. The molecular weight excluding hydrogens is 587 g/mol. The Bertz CT molecular complexity index is 631. The van der Waals surface area contributed by atoms with Crippen molar-refractivity contribution in [2.75, 3.05) is 31.9 Å². The molecule has 0 saturated heterocycles. The summed E-state index contributed by atoms with van der Waals surface area (Å²) in [4.78, 5) is 0. The molecule has 0 rings (SSSR count). The van der Waals surface area contributed by atoms with E-state index in [9.17, 15) is 13.0 Å². The quantitative estimate of drug-likeness (QED) is 0.0371. The maximum absolute atomic E-state index is 11.8. The number of rotatable bonds is 39. The molecule has 0 amide bonds. The van der Waals surface area contributed by atoms with Gasteiger partial charge in [0.15, 0.2) is 0 Å². The Morgan fingerprint density at radius 2 is 0.522 bits per heavy atom. The van der Waals surface area contributed by atoms with Gasteiger partial charge in [0.25, 0.3) is 0 Å². The van der Waals surface area contributed by atoms with Crippen molar-refractivity contribution in [1.29, 1.82) is 0 Å². The van der Waals surface area contributed by atoms with Gasteiger partial charge in [0.05, 0.1) is 31.9 Å². The topological polar surface area (TPSA) is 57.2 Å². The fraction of sp³-hybridized carbons (Fsp3) is 1.00. The third kappa shape index (κ3) is 33.8. The molecule has 0 unspecified atom stereocenters. The van der Waals surface area contributed by atoms with Crippen molar-refractivity contribution >= 4 is 10.1 Å². The number of quaternary nitrogens is 1. The van der Waals surface area contributed by atoms with E-state index in [0.29, 0.717) is 6.54 Å². The zero-order chi connectivity index (χ0) is 33.9. The predicted molar refractivity (Wildman–Crippen MR) is 204 cm³/mol. The zero-order valence-electron chi connectivity index (χ0n) is 32.0. The summed E-state index contributed by atoms with van der Waals surface area (Å²) in [7, 11) is -4.19. The molecule has 4 nitrogen and oxygen atoms in total. The molecule has 5 heteroatoms. The van der Waals surface area contributed by atoms with E-state index < -0.39 is 10.1 Å². The Kier molecular flexibility index (Phi) is 34.6. The number of nitrogens with zero attached hydrogens (tertiary/aromatic N) is 1. The average molecular weight is 672 g/mol. The first-order chi connectivity index (χ1) is 22.4. The van der Waals surface area contributed by atoms with Crippen LogP contribution in [0.2, 0.25) is 0 Å². The summed E-state index contributed by atoms with van der Waals surface area (Å²) in [6, 6.07) is 0. The van der Waals surface area contributed by atoms with E-state index in [1.165, 1.54) is 212 Å². The van der Waals surface area contributed by atoms with Crippen molar-refractivity contribution < 1.29 is 17.5 Å². The summed E-state index contributed by atoms with van der Waals surface area (Å²) in [6.45, 7) is 10.5. The summed E-state index contributed by atoms with van der Waals surface area (Å²) in [6.07, 6.45) is 44.0. The zero-order valence-corrected chi connectivity index (χ0v) is 32.8. The van der Waals surface area contributed by atoms with Crippen molar-refractivity contribution in [1.82, 2.24) is 0 Å². The minimum atomic E-state index is -4.19. The monoisotopic (exact) mass is 672 g/mol. The molecule has 0 fully saturated rings. The van der Waals surface area contributed by atoms with Crippen LogP contribution in [0.5, 0.6) is 0 Å². The molecule has 0 aromatic heterocycles. The smallest absolute Gasteiger partial charge is 0.100 e. The standard InChI is InChI=1S/C41H85NO3S/c1-4-7-10-13-16-19-22-25-28-31-34-37-42(40-41-46(43,44)45,38-35-32-29-26-23-20-17-14-11-8-5-2)39-36-33-30-27-24-21-18-15-12-9-6-3/h4-41H2,1-3H3. The SMILES string of the molecule is CCCCCCCCCCCCC[N+](CCCCCCCCCCCCC)(CCCCCCCCCCCCC)CCS(=O)(=O)[O-]. The summed E-state index contributed by atoms with van der Waals surface area (Å²) in [5.74, 6) is -0.193. The summed E-state index contributed by atoms with van der Waals surface area (Å²) in [5, 5.41) is 0. The van der Waals surface area contributed by atoms with E-state index in [0.717, 1.165) is 24.1 Å². The summed E-state index contributed by atoms with van der Waals surface area (Å²) >= 11 is 0. The van der Waals surface area contributed by atoms with Gasteiger partial charge in [-0.05, 0) is 38.5 Å². The Labute approximate surface area is 291 Å². The molecule has 0 saturated carbocycles. The predicted octanol–water partition coefficient (Wildman–Crippen LogP) is 13.3. The van der Waals surface area contributed by atoms with Crippen LogP contribution in [-0.4, -0.2) is 49.4 Å². The van der Waals surface area contributed by atoms with E-state index >= 15 is 0 Å². The minimum Gasteiger partial charge on any atom is -0.748 e. The van der Waals surface area contributed by atoms with Crippen LogP contribution in [0.3, 0.4) is 0 Å². The highest BCUT2D eigenvalue weighted by molar-refractivity contribution is 7.85. The van der Waals surface area contributed by atoms with Gasteiger partial charge in [-0.25, -0.2) is 8.42 Å². The number of unbranched alkanes of at least 4 members (excludes halogenated alkanes) is 30. The van der Waals surface area contributed by atoms with Crippen molar-refractivity contribution in [3.63, 3.8) is 0 Å². The van der Waals surface area contributed by atoms with Gasteiger partial charge in [0, 0.05) is 0 Å². The number of hydrogen-bond acceptors (Lipinski definition) is 3. The maximum Gasteiger partial charge on any atom is 0.100 e. The van der Waals surface area contributed by atoms with Gasteiger partial charge < -0.3 is 9.04 Å². The van der Waals surface area contributed by atoms with E-state index in [4.69, 9.17) is 0 Å². The van der Waals surface area contributed by atoms with Crippen LogP contribution in [0.4, 0.5) is 0 Å². The van der Waals surface area contributed by atoms with E-state index in [2.05, 4.69) is 20.8 Å². The highest BCUT2D eigenvalue weighted by Crippen LogP contribution is 2.20. The minimum absolute atomic E-state index is 0.193. The Morgan fingerprint density at radius 3 is 0.717 bits per heavy atom. The van der Waals surface area contributed by atoms with E-state index in [1.54, 1.807) is 0 Å². The molecule has 0 aliphatic heterocycles. The van der Waals surface area contributed by atoms with Crippen LogP contribution in [0.1, 0.15) is 233 Å². The molecule has 0 aliphatic carbocycles. The average Bonchev–Trinajstić information content (AvgIpc) is 3.03. The van der Waals surface area contributed by atoms with Crippen LogP contribution in [0, 0.1) is 0 Å². The molecule has 0 radical (unpaired) electrons. The van der Waals surface area contributed by atoms with Gasteiger partial charge in [0.1, 0.15) is 10.1 Å². The lowest BCUT2D eigenvalue weighted by Crippen LogP contribution is -2.52. The molecule has 0 aromatic rings. The third-order valence-electron chi connectivity index (χ3n) is 10.5. The van der Waals surface area contributed by atoms with Crippen molar-refractivity contribution in [2.45, 2.75) is 233 Å². The number of hydrogen-bond donors (Lipinski definition) is 0. The molecule has 278 valence electrons. The molecule has 0 bridgehead atoms. The molecular formula is C41H85NO3S. The first-order valence-corrected chi connectivity index (χ1v) is 22.8. The Balaban J connectivity index is 4.72. The largest absolute Gasteiger partial charge is 0.748 e. The van der Waals surface area contributed by atoms with Crippen molar-refractivity contribution in [3.8, 4) is 0 Å². The summed E-state index contributed by atoms with van der Waals surface area (Å²) < 4.78 is 36.2. The van der Waals surface area contributed by atoms with Crippen LogP contribution < -0.4 is 0 Å². The second-order valence-electron chi connectivity index (χ2n) is 15.1. The molecule has 0 heterocycles. The summed E-state index contributed by atoms with van der Waals surface area (Å²) in [5.41, 5.74) is 0. The highest BCUT2D eigenvalue weighted by atomic mass is 32.2. The first kappa shape index (κ1) is 45.9. The van der Waals surface area contributed by atoms with Gasteiger partial charge in [0.2, 0.25) is 0 Å². The van der Waals surface area contributed by atoms with E-state index in [1.807, 2.05) is 0 Å². The fourth-order valence-electron chi connectivity index (χ4n) is 7.31. The van der Waals surface area contributed by atoms with Gasteiger partial charge >= 0.3 is 0 Å². The van der Waals surface area contributed by atoms with Crippen LogP contribution in [0.25, 0.3) is 0 Å². The fourth-order valence-corrected chi connectivity index (χ4v) is 7.92. The highest BCUT2D eigenvalue weighted by Gasteiger charge is 2.27. The Hall–Kier alpha value is -0.130. The van der Waals surface area contributed by atoms with Crippen LogP contribution in [0.15, 0.2) is 0 Å². The lowest BCUT2D eigenvalue weighted by Gasteiger charge is -2.40. The molecule has 0 atom stereocenters. The van der Waals surface area contributed by atoms with Crippen molar-refractivity contribution in [3.05, 3.63) is 0 Å². The molecule has 0 N–H and O–H groups in total.